The topological polar surface area (TPSA) is 237 Å². The molecule has 0 fully saturated rings. The predicted molar refractivity (Wildman–Crippen MR) is 377 cm³/mol. The average Bonchev–Trinajstić information content (AvgIpc) is 3.52. The fourth-order valence-corrected chi connectivity index (χ4v) is 12.7. The van der Waals surface area contributed by atoms with Crippen molar-refractivity contribution in [1.82, 2.24) is 0 Å². The van der Waals surface area contributed by atoms with Gasteiger partial charge < -0.3 is 33.8 Å². The van der Waals surface area contributed by atoms with Gasteiger partial charge in [0.15, 0.2) is 12.2 Å². The number of ether oxygens (including phenoxy) is 4. The van der Waals surface area contributed by atoms with Crippen LogP contribution in [0.15, 0.2) is 0 Å². The lowest BCUT2D eigenvalue weighted by Crippen LogP contribution is -2.30. The van der Waals surface area contributed by atoms with Gasteiger partial charge in [0.05, 0.1) is 26.4 Å². The first-order valence-electron chi connectivity index (χ1n) is 38.3. The number of phosphoric ester groups is 2. The number of hydrogen-bond acceptors (Lipinski definition) is 15. The molecule has 17 nitrogen and oxygen atoms in total. The third kappa shape index (κ3) is 64.5. The largest absolute Gasteiger partial charge is 0.472 e. The van der Waals surface area contributed by atoms with Crippen molar-refractivity contribution in [3.63, 3.8) is 0 Å². The van der Waals surface area contributed by atoms with Crippen LogP contribution in [0, 0.1) is 23.7 Å². The smallest absolute Gasteiger partial charge is 0.462 e. The molecule has 8 atom stereocenters. The quantitative estimate of drug-likeness (QED) is 0.0222. The second-order valence-corrected chi connectivity index (χ2v) is 30.8. The molecule has 0 radical (unpaired) electrons. The Morgan fingerprint density at radius 3 is 0.763 bits per heavy atom. The number of rotatable bonds is 71. The molecule has 0 aliphatic heterocycles. The highest BCUT2D eigenvalue weighted by molar-refractivity contribution is 7.47. The van der Waals surface area contributed by atoms with Crippen LogP contribution in [-0.2, 0) is 65.4 Å². The molecule has 0 amide bonds. The number of carbonyl (C=O) groups is 4. The number of phosphoric acid groups is 2. The monoisotopic (exact) mass is 1370 g/mol. The van der Waals surface area contributed by atoms with Crippen LogP contribution in [0.3, 0.4) is 0 Å². The Labute approximate surface area is 568 Å². The highest BCUT2D eigenvalue weighted by Crippen LogP contribution is 2.45. The van der Waals surface area contributed by atoms with Crippen LogP contribution in [0.4, 0.5) is 0 Å². The minimum absolute atomic E-state index is 0.105. The molecule has 0 aromatic carbocycles. The third-order valence-corrected chi connectivity index (χ3v) is 20.1. The Hall–Kier alpha value is -1.94. The highest BCUT2D eigenvalue weighted by Gasteiger charge is 2.30. The summed E-state index contributed by atoms with van der Waals surface area (Å²) < 4.78 is 68.5. The van der Waals surface area contributed by atoms with E-state index < -0.39 is 97.5 Å². The van der Waals surface area contributed by atoms with Crippen molar-refractivity contribution < 1.29 is 80.2 Å². The Balaban J connectivity index is 5.27. The second-order valence-electron chi connectivity index (χ2n) is 27.9. The summed E-state index contributed by atoms with van der Waals surface area (Å²) in [7, 11) is -9.91. The van der Waals surface area contributed by atoms with Crippen molar-refractivity contribution in [1.29, 1.82) is 0 Å². The van der Waals surface area contributed by atoms with Crippen molar-refractivity contribution in [2.24, 2.45) is 23.7 Å². The van der Waals surface area contributed by atoms with Crippen LogP contribution >= 0.6 is 15.6 Å². The number of aliphatic hydroxyl groups excluding tert-OH is 1. The Kier molecular flexibility index (Phi) is 62.2. The van der Waals surface area contributed by atoms with Gasteiger partial charge in [0.25, 0.3) is 0 Å². The van der Waals surface area contributed by atoms with E-state index in [-0.39, 0.29) is 25.7 Å². The van der Waals surface area contributed by atoms with Gasteiger partial charge in [0, 0.05) is 25.7 Å². The molecule has 0 aromatic rings. The summed E-state index contributed by atoms with van der Waals surface area (Å²) in [4.78, 5) is 72.8. The van der Waals surface area contributed by atoms with E-state index in [1.165, 1.54) is 167 Å². The first-order chi connectivity index (χ1) is 44.7. The average molecular weight is 1370 g/mol. The summed E-state index contributed by atoms with van der Waals surface area (Å²) in [5, 5.41) is 10.6. The van der Waals surface area contributed by atoms with E-state index in [4.69, 9.17) is 37.0 Å². The van der Waals surface area contributed by atoms with Crippen LogP contribution in [0.5, 0.6) is 0 Å². The minimum Gasteiger partial charge on any atom is -0.462 e. The fraction of sp³-hybridized carbons (Fsp3) is 0.946. The predicted octanol–water partition coefficient (Wildman–Crippen LogP) is 21.3. The van der Waals surface area contributed by atoms with Gasteiger partial charge in [-0.25, -0.2) is 9.13 Å². The highest BCUT2D eigenvalue weighted by atomic mass is 31.2. The molecule has 552 valence electrons. The van der Waals surface area contributed by atoms with E-state index in [0.717, 1.165) is 120 Å². The molecule has 0 bridgehead atoms. The number of esters is 4. The molecular formula is C74H144O17P2. The maximum absolute atomic E-state index is 13.1. The van der Waals surface area contributed by atoms with Crippen molar-refractivity contribution >= 4 is 39.5 Å². The van der Waals surface area contributed by atoms with Crippen molar-refractivity contribution in [3.8, 4) is 0 Å². The van der Waals surface area contributed by atoms with Crippen molar-refractivity contribution in [2.75, 3.05) is 39.6 Å². The third-order valence-electron chi connectivity index (χ3n) is 18.2. The zero-order chi connectivity index (χ0) is 68.9. The lowest BCUT2D eigenvalue weighted by molar-refractivity contribution is -0.161. The first-order valence-corrected chi connectivity index (χ1v) is 41.3. The Bertz CT molecular complexity index is 1840. The lowest BCUT2D eigenvalue weighted by atomic mass is 9.99. The molecule has 0 aliphatic rings. The van der Waals surface area contributed by atoms with Crippen LogP contribution < -0.4 is 0 Å². The molecule has 0 aliphatic carbocycles. The molecule has 19 heteroatoms. The normalized spacial score (nSPS) is 15.1. The van der Waals surface area contributed by atoms with Gasteiger partial charge in [-0.1, -0.05) is 319 Å². The standard InChI is InChI=1S/C74H144O17P2/c1-9-65(6)51-43-35-27-21-16-18-24-30-40-48-56-73(78)90-69(60-84-71(76)54-46-38-29-23-15-13-12-14-20-26-34-42-50-64(4)5)62-88-92(80,81)86-58-68(75)59-87-93(82,83)89-63-70(61-85-72(77)55-47-39-33-32-37-45-53-67(8)11-3)91-74(79)57-49-41-31-25-19-17-22-28-36-44-52-66(7)10-2/h64-70,75H,9-63H2,1-8H3,(H,80,81)(H,82,83)/t65?,66?,67?,68-,69-,70-/m1/s1. The summed E-state index contributed by atoms with van der Waals surface area (Å²) in [5.41, 5.74) is 0. The van der Waals surface area contributed by atoms with Crippen LogP contribution in [0.2, 0.25) is 0 Å². The van der Waals surface area contributed by atoms with Gasteiger partial charge in [-0.2, -0.15) is 0 Å². The molecule has 0 saturated heterocycles. The molecule has 0 spiro atoms. The molecule has 5 unspecified atom stereocenters. The molecule has 0 heterocycles. The molecular weight excluding hydrogens is 1220 g/mol. The maximum atomic E-state index is 13.1. The van der Waals surface area contributed by atoms with E-state index in [1.807, 2.05) is 0 Å². The van der Waals surface area contributed by atoms with Crippen LogP contribution in [0.1, 0.15) is 370 Å². The first kappa shape index (κ1) is 91.1. The molecule has 3 N–H and O–H groups in total. The van der Waals surface area contributed by atoms with Crippen molar-refractivity contribution in [2.45, 2.75) is 388 Å². The van der Waals surface area contributed by atoms with Crippen LogP contribution in [0.25, 0.3) is 0 Å². The van der Waals surface area contributed by atoms with Gasteiger partial charge in [-0.3, -0.25) is 37.3 Å². The van der Waals surface area contributed by atoms with Gasteiger partial charge in [-0.05, 0) is 49.4 Å². The summed E-state index contributed by atoms with van der Waals surface area (Å²) in [6, 6.07) is 0. The fourth-order valence-electron chi connectivity index (χ4n) is 11.1. The summed E-state index contributed by atoms with van der Waals surface area (Å²) in [6.07, 6.45) is 47.0. The van der Waals surface area contributed by atoms with Gasteiger partial charge >= 0.3 is 39.5 Å². The van der Waals surface area contributed by atoms with Crippen LogP contribution in [-0.4, -0.2) is 96.7 Å². The van der Waals surface area contributed by atoms with Crippen molar-refractivity contribution in [3.05, 3.63) is 0 Å². The van der Waals surface area contributed by atoms with E-state index >= 15 is 0 Å². The number of aliphatic hydroxyl groups is 1. The van der Waals surface area contributed by atoms with E-state index in [0.29, 0.717) is 25.7 Å². The second kappa shape index (κ2) is 63.5. The van der Waals surface area contributed by atoms with Gasteiger partial charge in [0.2, 0.25) is 0 Å². The molecule has 0 aromatic heterocycles. The summed E-state index contributed by atoms with van der Waals surface area (Å²) >= 11 is 0. The maximum Gasteiger partial charge on any atom is 0.472 e. The number of hydrogen-bond donors (Lipinski definition) is 3. The van der Waals surface area contributed by atoms with Gasteiger partial charge in [0.1, 0.15) is 19.3 Å². The number of unbranched alkanes of at least 4 members (excludes halogenated alkanes) is 34. The zero-order valence-electron chi connectivity index (χ0n) is 60.9. The van der Waals surface area contributed by atoms with E-state index in [9.17, 15) is 43.2 Å². The molecule has 0 saturated carbocycles. The van der Waals surface area contributed by atoms with E-state index in [2.05, 4.69) is 55.4 Å². The molecule has 93 heavy (non-hydrogen) atoms. The summed E-state index contributed by atoms with van der Waals surface area (Å²) in [6.45, 7) is 14.2. The zero-order valence-corrected chi connectivity index (χ0v) is 62.7. The Morgan fingerprint density at radius 1 is 0.301 bits per heavy atom. The lowest BCUT2D eigenvalue weighted by Gasteiger charge is -2.21. The Morgan fingerprint density at radius 2 is 0.516 bits per heavy atom. The minimum atomic E-state index is -4.96. The van der Waals surface area contributed by atoms with E-state index in [1.54, 1.807) is 0 Å². The summed E-state index contributed by atoms with van der Waals surface area (Å²) in [5.74, 6) is 0.995. The molecule has 0 rings (SSSR count). The SMILES string of the molecule is CCC(C)CCCCCCCCCCCCC(=O)O[C@H](COC(=O)CCCCCCCCCCCCCCC(C)C)COP(=O)(O)OC[C@@H](O)COP(=O)(O)OC[C@@H](COC(=O)CCCCCCCCC(C)CC)OC(=O)CCCCCCCCCCCCC(C)CC. The van der Waals surface area contributed by atoms with Gasteiger partial charge in [-0.15, -0.1) is 0 Å². The number of carbonyl (C=O) groups excluding carboxylic acids is 4.